The third-order valence-corrected chi connectivity index (χ3v) is 4.96. The summed E-state index contributed by atoms with van der Waals surface area (Å²) in [5, 5.41) is 12.6. The molecular formula is C15H26N2O3. The van der Waals surface area contributed by atoms with Crippen LogP contribution in [0, 0.1) is 0 Å². The maximum Gasteiger partial charge on any atom is 0.323 e. The van der Waals surface area contributed by atoms with E-state index in [1.54, 1.807) is 6.92 Å². The van der Waals surface area contributed by atoms with Crippen LogP contribution in [0.2, 0.25) is 0 Å². The Morgan fingerprint density at radius 2 is 1.90 bits per heavy atom. The van der Waals surface area contributed by atoms with Crippen molar-refractivity contribution >= 4 is 11.9 Å². The van der Waals surface area contributed by atoms with E-state index in [9.17, 15) is 14.7 Å². The topological polar surface area (TPSA) is 69.6 Å². The van der Waals surface area contributed by atoms with Crippen molar-refractivity contribution in [3.05, 3.63) is 0 Å². The van der Waals surface area contributed by atoms with Gasteiger partial charge < -0.3 is 10.4 Å². The smallest absolute Gasteiger partial charge is 0.323 e. The standard InChI is InChI=1S/C15H26N2O3/c1-11(13(18)16-12-7-3-4-8-12)17-10-6-5-9-15(17,2)14(19)20/h11-12H,3-10H2,1-2H3,(H,16,18)(H,19,20). The van der Waals surface area contributed by atoms with Gasteiger partial charge in [0.1, 0.15) is 5.54 Å². The molecule has 114 valence electrons. The molecule has 2 unspecified atom stereocenters. The van der Waals surface area contributed by atoms with E-state index in [1.165, 1.54) is 12.8 Å². The van der Waals surface area contributed by atoms with E-state index in [4.69, 9.17) is 0 Å². The molecular weight excluding hydrogens is 256 g/mol. The summed E-state index contributed by atoms with van der Waals surface area (Å²) in [7, 11) is 0. The molecule has 1 aliphatic carbocycles. The van der Waals surface area contributed by atoms with E-state index in [0.717, 1.165) is 25.7 Å². The molecule has 20 heavy (non-hydrogen) atoms. The zero-order valence-corrected chi connectivity index (χ0v) is 12.5. The molecule has 0 radical (unpaired) electrons. The second-order valence-corrected chi connectivity index (χ2v) is 6.40. The lowest BCUT2D eigenvalue weighted by molar-refractivity contribution is -0.156. The van der Waals surface area contributed by atoms with Crippen molar-refractivity contribution in [3.63, 3.8) is 0 Å². The Morgan fingerprint density at radius 1 is 1.25 bits per heavy atom. The fourth-order valence-corrected chi connectivity index (χ4v) is 3.53. The molecule has 0 aromatic carbocycles. The van der Waals surface area contributed by atoms with Gasteiger partial charge in [-0.1, -0.05) is 12.8 Å². The first-order valence-electron chi connectivity index (χ1n) is 7.75. The van der Waals surface area contributed by atoms with Crippen molar-refractivity contribution in [3.8, 4) is 0 Å². The number of carboxylic acids is 1. The Balaban J connectivity index is 2.03. The molecule has 1 amide bonds. The highest BCUT2D eigenvalue weighted by atomic mass is 16.4. The van der Waals surface area contributed by atoms with Gasteiger partial charge in [0.2, 0.25) is 5.91 Å². The minimum absolute atomic E-state index is 0.0220. The molecule has 0 bridgehead atoms. The normalized spacial score (nSPS) is 30.1. The number of nitrogens with one attached hydrogen (secondary N) is 1. The molecule has 5 nitrogen and oxygen atoms in total. The van der Waals surface area contributed by atoms with E-state index in [-0.39, 0.29) is 18.0 Å². The van der Waals surface area contributed by atoms with Gasteiger partial charge in [-0.3, -0.25) is 14.5 Å². The van der Waals surface area contributed by atoms with Gasteiger partial charge in [-0.15, -0.1) is 0 Å². The Morgan fingerprint density at radius 3 is 2.50 bits per heavy atom. The summed E-state index contributed by atoms with van der Waals surface area (Å²) in [6.45, 7) is 4.26. The van der Waals surface area contributed by atoms with E-state index >= 15 is 0 Å². The fraction of sp³-hybridized carbons (Fsp3) is 0.867. The summed E-state index contributed by atoms with van der Waals surface area (Å²) in [6.07, 6.45) is 6.94. The zero-order chi connectivity index (χ0) is 14.8. The van der Waals surface area contributed by atoms with Crippen LogP contribution in [0.1, 0.15) is 58.8 Å². The molecule has 0 aromatic heterocycles. The lowest BCUT2D eigenvalue weighted by Crippen LogP contribution is -2.61. The first-order valence-corrected chi connectivity index (χ1v) is 7.75. The largest absolute Gasteiger partial charge is 0.480 e. The minimum atomic E-state index is -0.912. The van der Waals surface area contributed by atoms with E-state index in [1.807, 2.05) is 11.8 Å². The van der Waals surface area contributed by atoms with Crippen molar-refractivity contribution in [2.75, 3.05) is 6.54 Å². The third-order valence-electron chi connectivity index (χ3n) is 4.96. The Labute approximate surface area is 120 Å². The molecule has 2 rings (SSSR count). The molecule has 5 heteroatoms. The second kappa shape index (κ2) is 6.12. The van der Waals surface area contributed by atoms with Gasteiger partial charge in [0.05, 0.1) is 6.04 Å². The first kappa shape index (κ1) is 15.3. The van der Waals surface area contributed by atoms with Gasteiger partial charge in [-0.25, -0.2) is 0 Å². The third kappa shape index (κ3) is 2.97. The SMILES string of the molecule is CC(C(=O)NC1CCCC1)N1CCCCC1(C)C(=O)O. The number of hydrogen-bond acceptors (Lipinski definition) is 3. The summed E-state index contributed by atoms with van der Waals surface area (Å²) < 4.78 is 0. The lowest BCUT2D eigenvalue weighted by atomic mass is 9.87. The van der Waals surface area contributed by atoms with Crippen molar-refractivity contribution < 1.29 is 14.7 Å². The fourth-order valence-electron chi connectivity index (χ4n) is 3.53. The Hall–Kier alpha value is -1.10. The number of carbonyl (C=O) groups excluding carboxylic acids is 1. The first-order chi connectivity index (χ1) is 9.45. The lowest BCUT2D eigenvalue weighted by Gasteiger charge is -2.44. The number of carbonyl (C=O) groups is 2. The monoisotopic (exact) mass is 282 g/mol. The van der Waals surface area contributed by atoms with Crippen LogP contribution in [0.25, 0.3) is 0 Å². The van der Waals surface area contributed by atoms with E-state index < -0.39 is 11.5 Å². The van der Waals surface area contributed by atoms with Gasteiger partial charge in [-0.05, 0) is 46.0 Å². The number of carboxylic acid groups (broad SMARTS) is 1. The Kier molecular flexibility index (Phi) is 4.68. The van der Waals surface area contributed by atoms with Gasteiger partial charge >= 0.3 is 5.97 Å². The highest BCUT2D eigenvalue weighted by molar-refractivity contribution is 5.84. The average Bonchev–Trinajstić information content (AvgIpc) is 2.91. The molecule has 2 fully saturated rings. The predicted molar refractivity (Wildman–Crippen MR) is 76.5 cm³/mol. The molecule has 2 aliphatic rings. The van der Waals surface area contributed by atoms with Crippen LogP contribution in [-0.4, -0.2) is 46.1 Å². The van der Waals surface area contributed by atoms with Crippen molar-refractivity contribution in [1.29, 1.82) is 0 Å². The quantitative estimate of drug-likeness (QED) is 0.824. The summed E-state index contributed by atoms with van der Waals surface area (Å²) in [5.41, 5.74) is -0.912. The van der Waals surface area contributed by atoms with Gasteiger partial charge in [0.25, 0.3) is 0 Å². The van der Waals surface area contributed by atoms with Gasteiger partial charge in [0, 0.05) is 12.6 Å². The van der Waals surface area contributed by atoms with Crippen molar-refractivity contribution in [2.24, 2.45) is 0 Å². The maximum atomic E-state index is 12.4. The van der Waals surface area contributed by atoms with Crippen LogP contribution < -0.4 is 5.32 Å². The highest BCUT2D eigenvalue weighted by Crippen LogP contribution is 2.30. The van der Waals surface area contributed by atoms with E-state index in [0.29, 0.717) is 13.0 Å². The number of likely N-dealkylation sites (tertiary alicyclic amines) is 1. The molecule has 2 atom stereocenters. The molecule has 1 heterocycles. The number of piperidine rings is 1. The second-order valence-electron chi connectivity index (χ2n) is 6.40. The number of aliphatic carboxylic acids is 1. The molecule has 1 saturated carbocycles. The van der Waals surface area contributed by atoms with Gasteiger partial charge in [0.15, 0.2) is 0 Å². The highest BCUT2D eigenvalue weighted by Gasteiger charge is 2.45. The number of nitrogens with zero attached hydrogens (tertiary/aromatic N) is 1. The molecule has 0 aromatic rings. The van der Waals surface area contributed by atoms with E-state index in [2.05, 4.69) is 5.32 Å². The van der Waals surface area contributed by atoms with Crippen LogP contribution in [0.5, 0.6) is 0 Å². The maximum absolute atomic E-state index is 12.4. The number of rotatable bonds is 4. The van der Waals surface area contributed by atoms with Crippen molar-refractivity contribution in [1.82, 2.24) is 10.2 Å². The molecule has 2 N–H and O–H groups in total. The van der Waals surface area contributed by atoms with Crippen LogP contribution in [0.3, 0.4) is 0 Å². The van der Waals surface area contributed by atoms with Crippen molar-refractivity contribution in [2.45, 2.75) is 76.4 Å². The van der Waals surface area contributed by atoms with Crippen LogP contribution in [0.15, 0.2) is 0 Å². The van der Waals surface area contributed by atoms with Crippen LogP contribution in [-0.2, 0) is 9.59 Å². The zero-order valence-electron chi connectivity index (χ0n) is 12.5. The predicted octanol–water partition coefficient (Wildman–Crippen LogP) is 1.76. The summed E-state index contributed by atoms with van der Waals surface area (Å²) >= 11 is 0. The molecule has 1 aliphatic heterocycles. The van der Waals surface area contributed by atoms with Crippen LogP contribution in [0.4, 0.5) is 0 Å². The summed E-state index contributed by atoms with van der Waals surface area (Å²) in [6, 6.07) is -0.0946. The average molecular weight is 282 g/mol. The summed E-state index contributed by atoms with van der Waals surface area (Å²) in [4.78, 5) is 25.8. The Bertz CT molecular complexity index is 379. The molecule has 1 saturated heterocycles. The van der Waals surface area contributed by atoms with Gasteiger partial charge in [-0.2, -0.15) is 0 Å². The molecule has 0 spiro atoms. The summed E-state index contributed by atoms with van der Waals surface area (Å²) in [5.74, 6) is -0.844. The minimum Gasteiger partial charge on any atom is -0.480 e. The van der Waals surface area contributed by atoms with Crippen LogP contribution >= 0.6 is 0 Å². The number of amides is 1. The number of hydrogen-bond donors (Lipinski definition) is 2.